The maximum atomic E-state index is 13.5. The van der Waals surface area contributed by atoms with E-state index in [4.69, 9.17) is 0 Å². The highest BCUT2D eigenvalue weighted by molar-refractivity contribution is 5.97. The average Bonchev–Trinajstić information content (AvgIpc) is 3.49. The molecule has 0 atom stereocenters. The Morgan fingerprint density at radius 2 is 1.62 bits per heavy atom. The van der Waals surface area contributed by atoms with Crippen LogP contribution in [0.15, 0.2) is 79.3 Å². The van der Waals surface area contributed by atoms with Crippen LogP contribution in [-0.4, -0.2) is 51.3 Å². The summed E-state index contributed by atoms with van der Waals surface area (Å²) in [6.45, 7) is 4.62. The molecule has 1 amide bonds. The minimum atomic E-state index is -0.245. The summed E-state index contributed by atoms with van der Waals surface area (Å²) in [5.41, 5.74) is 3.58. The van der Waals surface area contributed by atoms with Crippen molar-refractivity contribution in [3.8, 4) is 11.5 Å². The summed E-state index contributed by atoms with van der Waals surface area (Å²) in [5, 5.41) is 4.57. The molecule has 1 aliphatic heterocycles. The summed E-state index contributed by atoms with van der Waals surface area (Å²) in [4.78, 5) is 17.5. The number of carbonyl (C=O) groups is 1. The molecule has 4 aromatic rings. The minimum absolute atomic E-state index is 0.0358. The quantitative estimate of drug-likeness (QED) is 0.491. The van der Waals surface area contributed by atoms with Crippen LogP contribution in [-0.2, 0) is 0 Å². The van der Waals surface area contributed by atoms with Crippen LogP contribution in [0.3, 0.4) is 0 Å². The molecule has 1 saturated heterocycles. The monoisotopic (exact) mass is 429 g/mol. The van der Waals surface area contributed by atoms with Crippen molar-refractivity contribution in [2.75, 3.05) is 31.1 Å². The van der Waals surface area contributed by atoms with Crippen LogP contribution in [0.2, 0.25) is 0 Å². The van der Waals surface area contributed by atoms with Gasteiger partial charge < -0.3 is 14.4 Å². The lowest BCUT2D eigenvalue weighted by Crippen LogP contribution is -2.48. The van der Waals surface area contributed by atoms with Crippen molar-refractivity contribution in [1.29, 1.82) is 0 Å². The number of aryl methyl sites for hydroxylation is 1. The molecule has 0 spiro atoms. The highest BCUT2D eigenvalue weighted by Crippen LogP contribution is 2.23. The summed E-state index contributed by atoms with van der Waals surface area (Å²) in [7, 11) is 0. The zero-order chi connectivity index (χ0) is 22.1. The van der Waals surface area contributed by atoms with E-state index in [1.807, 2.05) is 63.8 Å². The van der Waals surface area contributed by atoms with Crippen molar-refractivity contribution in [2.24, 2.45) is 0 Å². The smallest absolute Gasteiger partial charge is 0.259 e. The van der Waals surface area contributed by atoms with Gasteiger partial charge in [0, 0.05) is 44.3 Å². The first kappa shape index (κ1) is 20.1. The number of anilines is 1. The van der Waals surface area contributed by atoms with E-state index in [0.717, 1.165) is 22.8 Å². The number of nitrogens with zero attached hydrogens (tertiary/aromatic N) is 5. The molecule has 0 N–H and O–H groups in total. The van der Waals surface area contributed by atoms with Crippen molar-refractivity contribution in [3.63, 3.8) is 0 Å². The molecule has 7 heteroatoms. The molecular weight excluding hydrogens is 405 g/mol. The van der Waals surface area contributed by atoms with Gasteiger partial charge in [0.05, 0.1) is 11.9 Å². The Morgan fingerprint density at radius 3 is 2.31 bits per heavy atom. The van der Waals surface area contributed by atoms with Crippen LogP contribution >= 0.6 is 0 Å². The average molecular weight is 429 g/mol. The molecule has 6 nitrogen and oxygen atoms in total. The first-order valence-electron chi connectivity index (χ1n) is 10.7. The SMILES string of the molecule is Cc1cccc(-n2ncc(C(=O)N3CCN(c4ccc(F)cc4)CC3)c2-n2cccc2)c1. The van der Waals surface area contributed by atoms with Gasteiger partial charge in [-0.2, -0.15) is 5.10 Å². The zero-order valence-electron chi connectivity index (χ0n) is 17.9. The van der Waals surface area contributed by atoms with Gasteiger partial charge in [-0.1, -0.05) is 12.1 Å². The van der Waals surface area contributed by atoms with Crippen LogP contribution in [0.25, 0.3) is 11.5 Å². The molecule has 32 heavy (non-hydrogen) atoms. The predicted octanol–water partition coefficient (Wildman–Crippen LogP) is 4.07. The lowest BCUT2D eigenvalue weighted by molar-refractivity contribution is 0.0747. The summed E-state index contributed by atoms with van der Waals surface area (Å²) in [5.74, 6) is 0.448. The molecule has 1 fully saturated rings. The molecule has 0 aliphatic carbocycles. The number of carbonyl (C=O) groups excluding carboxylic acids is 1. The van der Waals surface area contributed by atoms with Gasteiger partial charge in [0.2, 0.25) is 0 Å². The molecule has 2 aromatic heterocycles. The number of rotatable bonds is 4. The van der Waals surface area contributed by atoms with E-state index in [0.29, 0.717) is 31.7 Å². The highest BCUT2D eigenvalue weighted by Gasteiger charge is 2.27. The Hall–Kier alpha value is -3.87. The Labute approximate surface area is 186 Å². The van der Waals surface area contributed by atoms with Crippen molar-refractivity contribution in [3.05, 3.63) is 96.2 Å². The van der Waals surface area contributed by atoms with Crippen LogP contribution < -0.4 is 4.90 Å². The Morgan fingerprint density at radius 1 is 0.906 bits per heavy atom. The van der Waals surface area contributed by atoms with E-state index < -0.39 is 0 Å². The number of hydrogen-bond donors (Lipinski definition) is 0. The number of halogens is 1. The summed E-state index contributed by atoms with van der Waals surface area (Å²) in [6.07, 6.45) is 5.51. The lowest BCUT2D eigenvalue weighted by atomic mass is 10.2. The maximum absolute atomic E-state index is 13.5. The van der Waals surface area contributed by atoms with Gasteiger partial charge in [0.15, 0.2) is 5.82 Å². The highest BCUT2D eigenvalue weighted by atomic mass is 19.1. The molecule has 3 heterocycles. The second-order valence-corrected chi connectivity index (χ2v) is 7.98. The molecular formula is C25H24FN5O. The van der Waals surface area contributed by atoms with E-state index in [9.17, 15) is 9.18 Å². The van der Waals surface area contributed by atoms with Gasteiger partial charge in [-0.15, -0.1) is 0 Å². The number of amides is 1. The second-order valence-electron chi connectivity index (χ2n) is 7.98. The van der Waals surface area contributed by atoms with Gasteiger partial charge in [0.25, 0.3) is 5.91 Å². The van der Waals surface area contributed by atoms with E-state index >= 15 is 0 Å². The number of hydrogen-bond acceptors (Lipinski definition) is 3. The zero-order valence-corrected chi connectivity index (χ0v) is 17.9. The first-order chi connectivity index (χ1) is 15.6. The third kappa shape index (κ3) is 3.77. The maximum Gasteiger partial charge on any atom is 0.259 e. The van der Waals surface area contributed by atoms with Gasteiger partial charge in [0.1, 0.15) is 11.4 Å². The molecule has 0 saturated carbocycles. The normalized spacial score (nSPS) is 14.1. The van der Waals surface area contributed by atoms with E-state index in [-0.39, 0.29) is 11.7 Å². The molecule has 2 aromatic carbocycles. The summed E-state index contributed by atoms with van der Waals surface area (Å²) >= 11 is 0. The molecule has 0 unspecified atom stereocenters. The second kappa shape index (κ2) is 8.34. The molecule has 5 rings (SSSR count). The van der Waals surface area contributed by atoms with Gasteiger partial charge in [-0.05, 0) is 61.0 Å². The Balaban J connectivity index is 1.41. The fourth-order valence-electron chi connectivity index (χ4n) is 4.16. The van der Waals surface area contributed by atoms with E-state index in [1.54, 1.807) is 18.3 Å². The fourth-order valence-corrected chi connectivity index (χ4v) is 4.16. The van der Waals surface area contributed by atoms with Crippen molar-refractivity contribution >= 4 is 11.6 Å². The van der Waals surface area contributed by atoms with Crippen LogP contribution in [0.1, 0.15) is 15.9 Å². The molecule has 0 radical (unpaired) electrons. The van der Waals surface area contributed by atoms with Crippen LogP contribution in [0.4, 0.5) is 10.1 Å². The number of benzene rings is 2. The van der Waals surface area contributed by atoms with Crippen LogP contribution in [0.5, 0.6) is 0 Å². The summed E-state index contributed by atoms with van der Waals surface area (Å²) in [6, 6.07) is 18.4. The largest absolute Gasteiger partial charge is 0.368 e. The third-order valence-electron chi connectivity index (χ3n) is 5.83. The van der Waals surface area contributed by atoms with E-state index in [2.05, 4.69) is 16.1 Å². The molecule has 1 aliphatic rings. The van der Waals surface area contributed by atoms with Crippen molar-refractivity contribution in [1.82, 2.24) is 19.2 Å². The fraction of sp³-hybridized carbons (Fsp3) is 0.200. The van der Waals surface area contributed by atoms with Gasteiger partial charge in [-0.3, -0.25) is 4.79 Å². The van der Waals surface area contributed by atoms with Gasteiger partial charge >= 0.3 is 0 Å². The van der Waals surface area contributed by atoms with Gasteiger partial charge in [-0.25, -0.2) is 9.07 Å². The predicted molar refractivity (Wildman–Crippen MR) is 122 cm³/mol. The number of piperazine rings is 1. The van der Waals surface area contributed by atoms with Crippen molar-refractivity contribution < 1.29 is 9.18 Å². The Bertz CT molecular complexity index is 1220. The minimum Gasteiger partial charge on any atom is -0.368 e. The summed E-state index contributed by atoms with van der Waals surface area (Å²) < 4.78 is 17.0. The third-order valence-corrected chi connectivity index (χ3v) is 5.83. The topological polar surface area (TPSA) is 46.3 Å². The lowest BCUT2D eigenvalue weighted by Gasteiger charge is -2.36. The molecule has 162 valence electrons. The van der Waals surface area contributed by atoms with Crippen molar-refractivity contribution in [2.45, 2.75) is 6.92 Å². The standard InChI is InChI=1S/C25H24FN5O/c1-19-5-4-6-22(17-19)31-24(29-11-2-3-12-29)23(18-27-31)25(32)30-15-13-28(14-16-30)21-9-7-20(26)8-10-21/h2-12,17-18H,13-16H2,1H3. The molecule has 0 bridgehead atoms. The number of aromatic nitrogens is 3. The van der Waals surface area contributed by atoms with Crippen LogP contribution in [0, 0.1) is 12.7 Å². The first-order valence-corrected chi connectivity index (χ1v) is 10.7. The van der Waals surface area contributed by atoms with E-state index in [1.165, 1.54) is 12.1 Å². The Kier molecular flexibility index (Phi) is 5.23.